The van der Waals surface area contributed by atoms with Gasteiger partial charge in [0.15, 0.2) is 0 Å². The minimum atomic E-state index is -6.78. The zero-order valence-electron chi connectivity index (χ0n) is 18.0. The van der Waals surface area contributed by atoms with E-state index in [4.69, 9.17) is 13.3 Å². The van der Waals surface area contributed by atoms with E-state index in [1.165, 1.54) is 21.3 Å². The Balaban J connectivity index is 4.65. The molecular formula is C14H20F11NO8Si. The molecule has 210 valence electrons. The van der Waals surface area contributed by atoms with Crippen LogP contribution in [-0.4, -0.2) is 86.8 Å². The third-order valence-corrected chi connectivity index (χ3v) is 6.35. The van der Waals surface area contributed by atoms with Crippen molar-refractivity contribution in [3.05, 3.63) is 0 Å². The molecule has 0 saturated heterocycles. The number of rotatable bonds is 17. The summed E-state index contributed by atoms with van der Waals surface area (Å²) in [7, 11) is 1.03. The lowest BCUT2D eigenvalue weighted by molar-refractivity contribution is -0.573. The normalized spacial score (nSPS) is 14.3. The first-order valence-electron chi connectivity index (χ1n) is 8.84. The maximum Gasteiger partial charge on any atom is 0.527 e. The average molecular weight is 567 g/mol. The predicted molar refractivity (Wildman–Crippen MR) is 89.1 cm³/mol. The quantitative estimate of drug-likeness (QED) is 0.124. The summed E-state index contributed by atoms with van der Waals surface area (Å²) >= 11 is 0. The lowest BCUT2D eigenvalue weighted by Gasteiger charge is -2.30. The summed E-state index contributed by atoms with van der Waals surface area (Å²) in [5, 5.41) is 2.17. The van der Waals surface area contributed by atoms with Crippen LogP contribution in [-0.2, 0) is 37.0 Å². The molecule has 0 unspecified atom stereocenters. The van der Waals surface area contributed by atoms with E-state index in [1.807, 2.05) is 4.74 Å². The van der Waals surface area contributed by atoms with Crippen molar-refractivity contribution in [1.82, 2.24) is 5.32 Å². The zero-order valence-corrected chi connectivity index (χ0v) is 19.0. The standard InChI is InChI=1S/C14H20F11NO8Si/c1-28-35(29-2,30-3)6-4-5-26-9(27)7-31-8-10(15,16)32-14(24,25)34-12(19,20)11(17,18)33-13(21,22)23/h4-8H2,1-3H3,(H,26,27). The van der Waals surface area contributed by atoms with Crippen LogP contribution in [0.25, 0.3) is 0 Å². The Morgan fingerprint density at radius 1 is 0.771 bits per heavy atom. The molecule has 0 aliphatic heterocycles. The predicted octanol–water partition coefficient (Wildman–Crippen LogP) is 3.29. The van der Waals surface area contributed by atoms with Gasteiger partial charge in [-0.2, -0.15) is 26.3 Å². The number of ether oxygens (including phenoxy) is 4. The minimum absolute atomic E-state index is 0.0604. The summed E-state index contributed by atoms with van der Waals surface area (Å²) in [4.78, 5) is 11.5. The zero-order chi connectivity index (χ0) is 27.8. The topological polar surface area (TPSA) is 93.7 Å². The Morgan fingerprint density at radius 2 is 1.26 bits per heavy atom. The van der Waals surface area contributed by atoms with Gasteiger partial charge in [-0.05, 0) is 6.42 Å². The Bertz CT molecular complexity index is 656. The molecule has 0 aromatic heterocycles. The van der Waals surface area contributed by atoms with Crippen LogP contribution in [0.5, 0.6) is 0 Å². The molecule has 0 rings (SSSR count). The number of hydrogen-bond acceptors (Lipinski definition) is 8. The van der Waals surface area contributed by atoms with Gasteiger partial charge in [-0.3, -0.25) is 4.79 Å². The molecule has 0 bridgehead atoms. The van der Waals surface area contributed by atoms with E-state index in [1.54, 1.807) is 4.74 Å². The van der Waals surface area contributed by atoms with Crippen LogP contribution < -0.4 is 5.32 Å². The smallest absolute Gasteiger partial charge is 0.377 e. The highest BCUT2D eigenvalue weighted by molar-refractivity contribution is 6.60. The fraction of sp³-hybridized carbons (Fsp3) is 0.929. The number of nitrogens with one attached hydrogen (secondary N) is 1. The van der Waals surface area contributed by atoms with Gasteiger partial charge in [0.25, 0.3) is 0 Å². The highest BCUT2D eigenvalue weighted by Gasteiger charge is 2.69. The van der Waals surface area contributed by atoms with E-state index in [2.05, 4.69) is 14.8 Å². The fourth-order valence-electron chi connectivity index (χ4n) is 2.04. The third kappa shape index (κ3) is 12.4. The second-order valence-corrected chi connectivity index (χ2v) is 9.22. The molecule has 0 aliphatic rings. The Labute approximate surface area is 191 Å². The lowest BCUT2D eigenvalue weighted by atomic mass is 10.4. The van der Waals surface area contributed by atoms with Crippen molar-refractivity contribution in [1.29, 1.82) is 0 Å². The van der Waals surface area contributed by atoms with E-state index in [9.17, 15) is 53.1 Å². The van der Waals surface area contributed by atoms with Gasteiger partial charge in [0.1, 0.15) is 13.2 Å². The van der Waals surface area contributed by atoms with Crippen LogP contribution in [0, 0.1) is 0 Å². The van der Waals surface area contributed by atoms with E-state index in [0.29, 0.717) is 0 Å². The van der Waals surface area contributed by atoms with Crippen molar-refractivity contribution in [2.75, 3.05) is 41.1 Å². The first-order valence-corrected chi connectivity index (χ1v) is 10.8. The van der Waals surface area contributed by atoms with E-state index >= 15 is 0 Å². The summed E-state index contributed by atoms with van der Waals surface area (Å²) in [6, 6.07) is 0.232. The SMILES string of the molecule is CO[Si](CCCNC(=O)COCC(F)(F)OC(F)(F)OC(F)(F)C(F)(F)OC(F)(F)F)(OC)OC. The molecule has 35 heavy (non-hydrogen) atoms. The van der Waals surface area contributed by atoms with E-state index in [-0.39, 0.29) is 19.0 Å². The van der Waals surface area contributed by atoms with Crippen molar-refractivity contribution < 1.29 is 85.3 Å². The van der Waals surface area contributed by atoms with Gasteiger partial charge in [-0.25, -0.2) is 14.2 Å². The maximum absolute atomic E-state index is 13.3. The fourth-order valence-corrected chi connectivity index (χ4v) is 3.76. The van der Waals surface area contributed by atoms with Crippen LogP contribution in [0.1, 0.15) is 6.42 Å². The first kappa shape index (κ1) is 33.6. The summed E-state index contributed by atoms with van der Waals surface area (Å²) in [6.45, 7) is -3.44. The van der Waals surface area contributed by atoms with Crippen molar-refractivity contribution in [3.63, 3.8) is 0 Å². The highest BCUT2D eigenvalue weighted by atomic mass is 28.4. The number of halogens is 11. The number of hydrogen-bond donors (Lipinski definition) is 1. The Morgan fingerprint density at radius 3 is 1.71 bits per heavy atom. The van der Waals surface area contributed by atoms with Gasteiger partial charge in [0.2, 0.25) is 5.91 Å². The monoisotopic (exact) mass is 567 g/mol. The van der Waals surface area contributed by atoms with E-state index in [0.717, 1.165) is 0 Å². The van der Waals surface area contributed by atoms with Crippen LogP contribution in [0.4, 0.5) is 48.3 Å². The molecular weight excluding hydrogens is 547 g/mol. The molecule has 0 fully saturated rings. The van der Waals surface area contributed by atoms with Crippen molar-refractivity contribution in [3.8, 4) is 0 Å². The van der Waals surface area contributed by atoms with Gasteiger partial charge >= 0.3 is 39.8 Å². The van der Waals surface area contributed by atoms with Crippen LogP contribution in [0.15, 0.2) is 0 Å². The molecule has 0 radical (unpaired) electrons. The second kappa shape index (κ2) is 12.7. The molecule has 0 heterocycles. The van der Waals surface area contributed by atoms with Gasteiger partial charge < -0.3 is 23.3 Å². The summed E-state index contributed by atoms with van der Waals surface area (Å²) in [5.74, 6) is -1.04. The Kier molecular flexibility index (Phi) is 12.2. The molecule has 0 saturated carbocycles. The van der Waals surface area contributed by atoms with Gasteiger partial charge in [0.05, 0.1) is 0 Å². The third-order valence-electron chi connectivity index (χ3n) is 3.52. The largest absolute Gasteiger partial charge is 0.527 e. The first-order chi connectivity index (χ1) is 15.7. The minimum Gasteiger partial charge on any atom is -0.377 e. The second-order valence-electron chi connectivity index (χ2n) is 6.13. The molecule has 1 amide bonds. The number of amides is 1. The number of carbonyl (C=O) groups is 1. The van der Waals surface area contributed by atoms with Crippen LogP contribution >= 0.6 is 0 Å². The van der Waals surface area contributed by atoms with Crippen molar-refractivity contribution in [2.45, 2.75) is 43.4 Å². The highest BCUT2D eigenvalue weighted by Crippen LogP contribution is 2.44. The molecule has 0 aromatic carbocycles. The average Bonchev–Trinajstić information content (AvgIpc) is 2.64. The van der Waals surface area contributed by atoms with Crippen LogP contribution in [0.3, 0.4) is 0 Å². The molecule has 0 spiro atoms. The summed E-state index contributed by atoms with van der Waals surface area (Å²) in [5.41, 5.74) is 0. The van der Waals surface area contributed by atoms with Gasteiger partial charge in [0, 0.05) is 33.9 Å². The van der Waals surface area contributed by atoms with Crippen molar-refractivity contribution in [2.24, 2.45) is 0 Å². The molecule has 0 aromatic rings. The van der Waals surface area contributed by atoms with Crippen molar-refractivity contribution >= 4 is 14.7 Å². The molecule has 21 heteroatoms. The molecule has 1 N–H and O–H groups in total. The summed E-state index contributed by atoms with van der Waals surface area (Å²) < 4.78 is 165. The number of carbonyl (C=O) groups excluding carboxylic acids is 1. The van der Waals surface area contributed by atoms with E-state index < -0.39 is 58.9 Å². The molecule has 9 nitrogen and oxygen atoms in total. The number of alkyl halides is 11. The Hall–Kier alpha value is -1.36. The van der Waals surface area contributed by atoms with Gasteiger partial charge in [-0.1, -0.05) is 0 Å². The van der Waals surface area contributed by atoms with Gasteiger partial charge in [-0.15, -0.1) is 22.0 Å². The molecule has 0 atom stereocenters. The molecule has 0 aliphatic carbocycles. The lowest BCUT2D eigenvalue weighted by Crippen LogP contribution is -2.52. The maximum atomic E-state index is 13.3. The summed E-state index contributed by atoms with van der Waals surface area (Å²) in [6.07, 6.45) is -31.2. The van der Waals surface area contributed by atoms with Crippen LogP contribution in [0.2, 0.25) is 6.04 Å².